The molecule has 5 nitrogen and oxygen atoms in total. The number of benzene rings is 1. The molecule has 0 amide bonds. The summed E-state index contributed by atoms with van der Waals surface area (Å²) in [5.41, 5.74) is -0.744. The first-order chi connectivity index (χ1) is 8.59. The number of nitro benzene ring substituents is 1. The van der Waals surface area contributed by atoms with Gasteiger partial charge in [-0.2, -0.15) is 0 Å². The zero-order valence-electron chi connectivity index (χ0n) is 9.66. The average molecular weight is 257 g/mol. The molecule has 1 N–H and O–H groups in total. The Morgan fingerprint density at radius 2 is 1.89 bits per heavy atom. The maximum atomic E-state index is 13.8. The van der Waals surface area contributed by atoms with Crippen LogP contribution in [0.25, 0.3) is 0 Å². The van der Waals surface area contributed by atoms with Gasteiger partial charge < -0.3 is 10.2 Å². The normalized spacial score (nSPS) is 16.4. The summed E-state index contributed by atoms with van der Waals surface area (Å²) >= 11 is 0. The number of non-ortho nitro benzene ring substituents is 1. The second-order valence-electron chi connectivity index (χ2n) is 4.11. The number of nitrogens with one attached hydrogen (secondary N) is 1. The molecule has 2 rings (SSSR count). The van der Waals surface area contributed by atoms with Gasteiger partial charge in [-0.3, -0.25) is 10.1 Å². The smallest absolute Gasteiger partial charge is 0.275 e. The quantitative estimate of drug-likeness (QED) is 0.646. The highest BCUT2D eigenvalue weighted by Crippen LogP contribution is 2.28. The zero-order valence-corrected chi connectivity index (χ0v) is 9.66. The van der Waals surface area contributed by atoms with Gasteiger partial charge in [0.2, 0.25) is 0 Å². The Morgan fingerprint density at radius 3 is 2.50 bits per heavy atom. The van der Waals surface area contributed by atoms with E-state index in [1.54, 1.807) is 4.90 Å². The highest BCUT2D eigenvalue weighted by Gasteiger charge is 2.22. The van der Waals surface area contributed by atoms with E-state index in [1.807, 2.05) is 0 Å². The Bertz CT molecular complexity index is 437. The fourth-order valence-electron chi connectivity index (χ4n) is 2.03. The monoisotopic (exact) mass is 257 g/mol. The summed E-state index contributed by atoms with van der Waals surface area (Å²) in [6.45, 7) is 2.44. The lowest BCUT2D eigenvalue weighted by Crippen LogP contribution is -2.29. The third kappa shape index (κ3) is 2.56. The van der Waals surface area contributed by atoms with Crippen molar-refractivity contribution in [3.05, 3.63) is 33.9 Å². The number of nitrogens with zero attached hydrogens (tertiary/aromatic N) is 2. The Kier molecular flexibility index (Phi) is 3.71. The third-order valence-electron chi connectivity index (χ3n) is 2.87. The predicted molar refractivity (Wildman–Crippen MR) is 62.7 cm³/mol. The molecule has 98 valence electrons. The molecule has 0 bridgehead atoms. The van der Waals surface area contributed by atoms with E-state index < -0.39 is 22.2 Å². The first kappa shape index (κ1) is 12.7. The highest BCUT2D eigenvalue weighted by atomic mass is 19.1. The van der Waals surface area contributed by atoms with Gasteiger partial charge in [-0.05, 0) is 13.0 Å². The largest absolute Gasteiger partial charge is 0.365 e. The van der Waals surface area contributed by atoms with Crippen LogP contribution in [0.4, 0.5) is 20.2 Å². The van der Waals surface area contributed by atoms with Crippen LogP contribution >= 0.6 is 0 Å². The number of hydrogen-bond donors (Lipinski definition) is 1. The van der Waals surface area contributed by atoms with E-state index in [9.17, 15) is 18.9 Å². The molecule has 1 aliphatic heterocycles. The molecule has 1 aromatic carbocycles. The van der Waals surface area contributed by atoms with Gasteiger partial charge in [0.25, 0.3) is 5.69 Å². The van der Waals surface area contributed by atoms with Crippen molar-refractivity contribution >= 4 is 11.4 Å². The molecule has 18 heavy (non-hydrogen) atoms. The molecular formula is C11H13F2N3O2. The Hall–Kier alpha value is -1.76. The van der Waals surface area contributed by atoms with E-state index in [0.29, 0.717) is 19.6 Å². The summed E-state index contributed by atoms with van der Waals surface area (Å²) in [5, 5.41) is 13.6. The topological polar surface area (TPSA) is 58.4 Å². The van der Waals surface area contributed by atoms with E-state index in [1.165, 1.54) is 0 Å². The molecule has 0 unspecified atom stereocenters. The van der Waals surface area contributed by atoms with Crippen molar-refractivity contribution in [1.82, 2.24) is 5.32 Å². The van der Waals surface area contributed by atoms with Crippen molar-refractivity contribution in [1.29, 1.82) is 0 Å². The first-order valence-electron chi connectivity index (χ1n) is 5.68. The molecule has 0 radical (unpaired) electrons. The van der Waals surface area contributed by atoms with Gasteiger partial charge in [0.05, 0.1) is 17.1 Å². The standard InChI is InChI=1S/C11H13F2N3O2/c12-9-6-8(16(17)18)7-10(13)11(9)15-4-1-2-14-3-5-15/h6-7,14H,1-5H2. The summed E-state index contributed by atoms with van der Waals surface area (Å²) in [6, 6.07) is 1.52. The van der Waals surface area contributed by atoms with Crippen molar-refractivity contribution in [3.8, 4) is 0 Å². The van der Waals surface area contributed by atoms with Gasteiger partial charge in [0.1, 0.15) is 5.69 Å². The van der Waals surface area contributed by atoms with Crippen molar-refractivity contribution < 1.29 is 13.7 Å². The minimum absolute atomic E-state index is 0.177. The third-order valence-corrected chi connectivity index (χ3v) is 2.87. The van der Waals surface area contributed by atoms with E-state index in [4.69, 9.17) is 0 Å². The molecule has 0 atom stereocenters. The van der Waals surface area contributed by atoms with Crippen LogP contribution in [-0.4, -0.2) is 31.1 Å². The van der Waals surface area contributed by atoms with Crippen LogP contribution < -0.4 is 10.2 Å². The van der Waals surface area contributed by atoms with E-state index in [0.717, 1.165) is 25.1 Å². The SMILES string of the molecule is O=[N+]([O-])c1cc(F)c(N2CCCNCC2)c(F)c1. The number of nitro groups is 1. The van der Waals surface area contributed by atoms with Crippen LogP contribution in [0.5, 0.6) is 0 Å². The van der Waals surface area contributed by atoms with Crippen LogP contribution in [0.15, 0.2) is 12.1 Å². The summed E-state index contributed by atoms with van der Waals surface area (Å²) in [4.78, 5) is 11.3. The molecule has 0 aliphatic carbocycles. The van der Waals surface area contributed by atoms with E-state index in [-0.39, 0.29) is 5.69 Å². The maximum absolute atomic E-state index is 13.8. The van der Waals surface area contributed by atoms with E-state index in [2.05, 4.69) is 5.32 Å². The molecule has 7 heteroatoms. The molecule has 0 saturated carbocycles. The van der Waals surface area contributed by atoms with Gasteiger partial charge in [-0.15, -0.1) is 0 Å². The molecular weight excluding hydrogens is 244 g/mol. The average Bonchev–Trinajstić information content (AvgIpc) is 2.57. The molecule has 1 aromatic rings. The molecule has 1 heterocycles. The van der Waals surface area contributed by atoms with Crippen LogP contribution in [0.1, 0.15) is 6.42 Å². The van der Waals surface area contributed by atoms with Crippen LogP contribution in [0.3, 0.4) is 0 Å². The van der Waals surface area contributed by atoms with Crippen molar-refractivity contribution in [3.63, 3.8) is 0 Å². The van der Waals surface area contributed by atoms with Crippen molar-refractivity contribution in [2.24, 2.45) is 0 Å². The number of anilines is 1. The Morgan fingerprint density at radius 1 is 1.22 bits per heavy atom. The van der Waals surface area contributed by atoms with Crippen LogP contribution in [0, 0.1) is 21.7 Å². The number of halogens is 2. The summed E-state index contributed by atoms with van der Waals surface area (Å²) < 4.78 is 27.6. The summed E-state index contributed by atoms with van der Waals surface area (Å²) in [6.07, 6.45) is 0.774. The van der Waals surface area contributed by atoms with Crippen LogP contribution in [0.2, 0.25) is 0 Å². The van der Waals surface area contributed by atoms with Gasteiger partial charge in [0, 0.05) is 19.6 Å². The molecule has 0 spiro atoms. The second-order valence-corrected chi connectivity index (χ2v) is 4.11. The lowest BCUT2D eigenvalue weighted by Gasteiger charge is -2.23. The number of hydrogen-bond acceptors (Lipinski definition) is 4. The second kappa shape index (κ2) is 5.26. The zero-order chi connectivity index (χ0) is 13.1. The predicted octanol–water partition coefficient (Wildman–Crippen LogP) is 1.67. The summed E-state index contributed by atoms with van der Waals surface area (Å²) in [7, 11) is 0. The number of rotatable bonds is 2. The summed E-state index contributed by atoms with van der Waals surface area (Å²) in [5.74, 6) is -1.77. The van der Waals surface area contributed by atoms with Crippen LogP contribution in [-0.2, 0) is 0 Å². The van der Waals surface area contributed by atoms with Gasteiger partial charge in [0.15, 0.2) is 11.6 Å². The minimum Gasteiger partial charge on any atom is -0.365 e. The molecule has 1 saturated heterocycles. The first-order valence-corrected chi connectivity index (χ1v) is 5.68. The van der Waals surface area contributed by atoms with E-state index >= 15 is 0 Å². The fraction of sp³-hybridized carbons (Fsp3) is 0.455. The van der Waals surface area contributed by atoms with Gasteiger partial charge >= 0.3 is 0 Å². The molecule has 1 fully saturated rings. The molecule has 0 aromatic heterocycles. The van der Waals surface area contributed by atoms with Crippen molar-refractivity contribution in [2.75, 3.05) is 31.1 Å². The lowest BCUT2D eigenvalue weighted by atomic mass is 10.2. The maximum Gasteiger partial charge on any atom is 0.275 e. The van der Waals surface area contributed by atoms with Crippen molar-refractivity contribution in [2.45, 2.75) is 6.42 Å². The van der Waals surface area contributed by atoms with Gasteiger partial charge in [-0.1, -0.05) is 0 Å². The Balaban J connectivity index is 2.34. The fourth-order valence-corrected chi connectivity index (χ4v) is 2.03. The Labute approximate surface area is 103 Å². The lowest BCUT2D eigenvalue weighted by molar-refractivity contribution is -0.385. The minimum atomic E-state index is -0.886. The molecule has 1 aliphatic rings. The highest BCUT2D eigenvalue weighted by molar-refractivity contribution is 5.54. The van der Waals surface area contributed by atoms with Gasteiger partial charge in [-0.25, -0.2) is 8.78 Å².